The van der Waals surface area contributed by atoms with E-state index < -0.39 is 28.8 Å². The van der Waals surface area contributed by atoms with Crippen LogP contribution in [0.5, 0.6) is 0 Å². The van der Waals surface area contributed by atoms with Gasteiger partial charge >= 0.3 is 6.18 Å². The van der Waals surface area contributed by atoms with E-state index in [0.717, 1.165) is 0 Å². The summed E-state index contributed by atoms with van der Waals surface area (Å²) >= 11 is 0. The average Bonchev–Trinajstić information content (AvgIpc) is 3.12. The predicted octanol–water partition coefficient (Wildman–Crippen LogP) is 2.29. The van der Waals surface area contributed by atoms with Crippen molar-refractivity contribution in [3.63, 3.8) is 0 Å². The maximum absolute atomic E-state index is 12.6. The number of halogens is 3. The molecule has 0 bridgehead atoms. The summed E-state index contributed by atoms with van der Waals surface area (Å²) in [5.74, 6) is 0. The van der Waals surface area contributed by atoms with E-state index in [2.05, 4.69) is 0 Å². The van der Waals surface area contributed by atoms with Gasteiger partial charge in [0.25, 0.3) is 0 Å². The molecule has 112 valence electrons. The monoisotopic (exact) mass is 308 g/mol. The first-order valence-corrected chi connectivity index (χ1v) is 7.50. The Morgan fingerprint density at radius 3 is 2.45 bits per heavy atom. The largest absolute Gasteiger partial charge is 0.402 e. The van der Waals surface area contributed by atoms with Crippen molar-refractivity contribution < 1.29 is 21.6 Å². The SMILES string of the molecule is Cc1c(N)cccc1S(=O)(=O)N(CC(F)(F)F)C1CC1. The highest BCUT2D eigenvalue weighted by atomic mass is 32.2. The minimum atomic E-state index is -4.57. The van der Waals surface area contributed by atoms with Crippen molar-refractivity contribution in [3.8, 4) is 0 Å². The number of nitrogens with two attached hydrogens (primary N) is 1. The number of anilines is 1. The number of benzene rings is 1. The van der Waals surface area contributed by atoms with Crippen molar-refractivity contribution >= 4 is 15.7 Å². The fraction of sp³-hybridized carbons (Fsp3) is 0.500. The van der Waals surface area contributed by atoms with E-state index in [1.807, 2.05) is 0 Å². The molecule has 0 heterocycles. The predicted molar refractivity (Wildman–Crippen MR) is 68.6 cm³/mol. The highest BCUT2D eigenvalue weighted by Crippen LogP contribution is 2.36. The van der Waals surface area contributed by atoms with Gasteiger partial charge in [-0.25, -0.2) is 8.42 Å². The Morgan fingerprint density at radius 2 is 1.95 bits per heavy atom. The van der Waals surface area contributed by atoms with Crippen molar-refractivity contribution in [1.29, 1.82) is 0 Å². The zero-order chi connectivity index (χ0) is 15.1. The molecule has 0 spiro atoms. The summed E-state index contributed by atoms with van der Waals surface area (Å²) < 4.78 is 63.2. The number of nitrogen functional groups attached to an aromatic ring is 1. The smallest absolute Gasteiger partial charge is 0.398 e. The molecule has 8 heteroatoms. The third kappa shape index (κ3) is 3.06. The van der Waals surface area contributed by atoms with Gasteiger partial charge in [0, 0.05) is 11.7 Å². The van der Waals surface area contributed by atoms with Crippen LogP contribution in [0.15, 0.2) is 23.1 Å². The summed E-state index contributed by atoms with van der Waals surface area (Å²) in [6.45, 7) is 0.0229. The molecule has 2 N–H and O–H groups in total. The molecule has 0 atom stereocenters. The maximum atomic E-state index is 12.6. The number of alkyl halides is 3. The lowest BCUT2D eigenvalue weighted by atomic mass is 10.2. The van der Waals surface area contributed by atoms with Crippen molar-refractivity contribution in [2.24, 2.45) is 0 Å². The van der Waals surface area contributed by atoms with Crippen LogP contribution < -0.4 is 5.73 Å². The number of rotatable bonds is 4. The molecule has 1 aliphatic carbocycles. The molecule has 20 heavy (non-hydrogen) atoms. The molecule has 1 aromatic rings. The molecule has 0 saturated heterocycles. The molecular formula is C12H15F3N2O2S. The quantitative estimate of drug-likeness (QED) is 0.868. The van der Waals surface area contributed by atoms with E-state index >= 15 is 0 Å². The van der Waals surface area contributed by atoms with E-state index in [4.69, 9.17) is 5.73 Å². The lowest BCUT2D eigenvalue weighted by Gasteiger charge is -2.24. The number of hydrogen-bond donors (Lipinski definition) is 1. The van der Waals surface area contributed by atoms with E-state index in [-0.39, 0.29) is 16.1 Å². The molecule has 0 aromatic heterocycles. The van der Waals surface area contributed by atoms with Crippen LogP contribution in [0.25, 0.3) is 0 Å². The Morgan fingerprint density at radius 1 is 1.35 bits per heavy atom. The Kier molecular flexibility index (Phi) is 3.72. The van der Waals surface area contributed by atoms with Gasteiger partial charge in [0.05, 0.1) is 4.90 Å². The van der Waals surface area contributed by atoms with Crippen LogP contribution in [-0.2, 0) is 10.0 Å². The van der Waals surface area contributed by atoms with Crippen LogP contribution in [0, 0.1) is 6.92 Å². The maximum Gasteiger partial charge on any atom is 0.402 e. The molecule has 1 fully saturated rings. The Labute approximate surface area is 115 Å². The van der Waals surface area contributed by atoms with Crippen molar-refractivity contribution in [3.05, 3.63) is 23.8 Å². The Balaban J connectivity index is 2.43. The van der Waals surface area contributed by atoms with Crippen LogP contribution >= 0.6 is 0 Å². The lowest BCUT2D eigenvalue weighted by Crippen LogP contribution is -2.40. The van der Waals surface area contributed by atoms with Gasteiger partial charge in [0.1, 0.15) is 6.54 Å². The second-order valence-electron chi connectivity index (χ2n) is 4.87. The normalized spacial score (nSPS) is 16.6. The number of nitrogens with zero attached hydrogens (tertiary/aromatic N) is 1. The topological polar surface area (TPSA) is 63.4 Å². The van der Waals surface area contributed by atoms with Gasteiger partial charge in [-0.05, 0) is 37.5 Å². The number of hydrogen-bond acceptors (Lipinski definition) is 3. The van der Waals surface area contributed by atoms with Gasteiger partial charge < -0.3 is 5.73 Å². The second kappa shape index (κ2) is 4.92. The first kappa shape index (κ1) is 15.1. The van der Waals surface area contributed by atoms with E-state index in [1.165, 1.54) is 25.1 Å². The summed E-state index contributed by atoms with van der Waals surface area (Å²) in [7, 11) is -4.19. The fourth-order valence-electron chi connectivity index (χ4n) is 1.99. The molecule has 1 aliphatic rings. The first-order valence-electron chi connectivity index (χ1n) is 6.06. The summed E-state index contributed by atoms with van der Waals surface area (Å²) in [5, 5.41) is 0. The minimum absolute atomic E-state index is 0.159. The zero-order valence-electron chi connectivity index (χ0n) is 10.8. The average molecular weight is 308 g/mol. The van der Waals surface area contributed by atoms with E-state index in [9.17, 15) is 21.6 Å². The third-order valence-corrected chi connectivity index (χ3v) is 5.24. The highest BCUT2D eigenvalue weighted by molar-refractivity contribution is 7.89. The van der Waals surface area contributed by atoms with Gasteiger partial charge in [0.15, 0.2) is 0 Å². The van der Waals surface area contributed by atoms with Crippen LogP contribution in [0.2, 0.25) is 0 Å². The van der Waals surface area contributed by atoms with Gasteiger partial charge in [-0.15, -0.1) is 0 Å². The molecule has 2 rings (SSSR count). The van der Waals surface area contributed by atoms with Crippen LogP contribution in [-0.4, -0.2) is 31.5 Å². The minimum Gasteiger partial charge on any atom is -0.398 e. The van der Waals surface area contributed by atoms with Crippen LogP contribution in [0.1, 0.15) is 18.4 Å². The van der Waals surface area contributed by atoms with E-state index in [0.29, 0.717) is 17.1 Å². The summed E-state index contributed by atoms with van der Waals surface area (Å²) in [6, 6.07) is 3.66. The third-order valence-electron chi connectivity index (χ3n) is 3.20. The Bertz CT molecular complexity index is 610. The molecule has 0 amide bonds. The molecule has 0 unspecified atom stereocenters. The van der Waals surface area contributed by atoms with Crippen molar-refractivity contribution in [2.45, 2.75) is 36.9 Å². The van der Waals surface area contributed by atoms with Crippen molar-refractivity contribution in [1.82, 2.24) is 4.31 Å². The van der Waals surface area contributed by atoms with E-state index in [1.54, 1.807) is 0 Å². The molecule has 0 aliphatic heterocycles. The van der Waals surface area contributed by atoms with Crippen molar-refractivity contribution in [2.75, 3.05) is 12.3 Å². The lowest BCUT2D eigenvalue weighted by molar-refractivity contribution is -0.137. The Hall–Kier alpha value is -1.28. The van der Waals surface area contributed by atoms with Gasteiger partial charge in [-0.2, -0.15) is 17.5 Å². The van der Waals surface area contributed by atoms with Crippen LogP contribution in [0.3, 0.4) is 0 Å². The standard InChI is InChI=1S/C12H15F3N2O2S/c1-8-10(16)3-2-4-11(8)20(18,19)17(9-5-6-9)7-12(13,14)15/h2-4,9H,5-7,16H2,1H3. The molecule has 1 aromatic carbocycles. The second-order valence-corrected chi connectivity index (χ2v) is 6.73. The molecule has 0 radical (unpaired) electrons. The fourth-order valence-corrected chi connectivity index (χ4v) is 3.91. The number of sulfonamides is 1. The zero-order valence-corrected chi connectivity index (χ0v) is 11.6. The molecule has 1 saturated carbocycles. The van der Waals surface area contributed by atoms with Gasteiger partial charge in [-0.1, -0.05) is 6.07 Å². The van der Waals surface area contributed by atoms with Crippen LogP contribution in [0.4, 0.5) is 18.9 Å². The molecule has 4 nitrogen and oxygen atoms in total. The summed E-state index contributed by atoms with van der Waals surface area (Å²) in [4.78, 5) is -0.159. The van der Waals surface area contributed by atoms with Gasteiger partial charge in [0.2, 0.25) is 10.0 Å². The summed E-state index contributed by atoms with van der Waals surface area (Å²) in [5.41, 5.74) is 6.15. The highest BCUT2D eigenvalue weighted by Gasteiger charge is 2.45. The molecular weight excluding hydrogens is 293 g/mol. The first-order chi connectivity index (χ1) is 9.13. The summed E-state index contributed by atoms with van der Waals surface area (Å²) in [6.07, 6.45) is -3.66. The van der Waals surface area contributed by atoms with Gasteiger partial charge in [-0.3, -0.25) is 0 Å².